The highest BCUT2D eigenvalue weighted by atomic mass is 16.5. The lowest BCUT2D eigenvalue weighted by atomic mass is 10.3. The van der Waals surface area contributed by atoms with Crippen molar-refractivity contribution in [3.63, 3.8) is 0 Å². The summed E-state index contributed by atoms with van der Waals surface area (Å²) in [4.78, 5) is 67.6. The van der Waals surface area contributed by atoms with E-state index in [0.29, 0.717) is 34.2 Å². The third-order valence-corrected chi connectivity index (χ3v) is 9.91. The van der Waals surface area contributed by atoms with Crippen molar-refractivity contribution in [3.05, 3.63) is 157 Å². The second kappa shape index (κ2) is 24.9. The molecule has 0 atom stereocenters. The second-order valence-electron chi connectivity index (χ2n) is 15.1. The summed E-state index contributed by atoms with van der Waals surface area (Å²) >= 11 is 0. The van der Waals surface area contributed by atoms with Gasteiger partial charge in [0.25, 0.3) is 0 Å². The highest BCUT2D eigenvalue weighted by Crippen LogP contribution is 2.14. The summed E-state index contributed by atoms with van der Waals surface area (Å²) in [6, 6.07) is 7.73. The molecule has 12 rings (SSSR count). The quantitative estimate of drug-likeness (QED) is 0.0710. The SMILES string of the molecule is [3H]n1ccc(OCc2nccnc2-n2nnn(C)c2=O)n1.[3H]n1ccc(OCc2ncncc2-n2nnn(C)c2=O)n1.[3H]n1ccc(OCc2ncnnc2-n2nnn(C)c2=O)n1.[3H]n1ccc(OCc2nnccc2-n2nnn(C)c2=O)n1. The largest absolute Gasteiger partial charge is 0.470 e. The Morgan fingerprint density at radius 2 is 0.850 bits per heavy atom. The Hall–Kier alpha value is -12.2. The summed E-state index contributed by atoms with van der Waals surface area (Å²) in [5, 5.41) is 63.1. The van der Waals surface area contributed by atoms with Gasteiger partial charge in [-0.15, -0.1) is 45.1 Å². The van der Waals surface area contributed by atoms with Crippen LogP contribution in [0.15, 0.2) is 112 Å². The maximum atomic E-state index is 11.9. The molecule has 4 N–H and O–H groups in total. The first-order valence-corrected chi connectivity index (χ1v) is 22.3. The highest BCUT2D eigenvalue weighted by molar-refractivity contribution is 5.33. The molecule has 80 heavy (non-hydrogen) atoms. The van der Waals surface area contributed by atoms with Gasteiger partial charge >= 0.3 is 22.8 Å². The molecule has 41 nitrogen and oxygen atoms in total. The molecule has 0 aliphatic carbocycles. The molecule has 0 aliphatic heterocycles. The number of H-pyrrole nitrogens is 4. The van der Waals surface area contributed by atoms with Crippen LogP contribution in [0.5, 0.6) is 23.5 Å². The van der Waals surface area contributed by atoms with Crippen molar-refractivity contribution >= 4 is 0 Å². The van der Waals surface area contributed by atoms with Crippen LogP contribution < -0.4 is 41.7 Å². The van der Waals surface area contributed by atoms with E-state index in [9.17, 15) is 19.2 Å². The molecule has 0 saturated carbocycles. The smallest absolute Gasteiger partial charge is 0.369 e. The number of ether oxygens (including phenoxy) is 4. The van der Waals surface area contributed by atoms with Crippen molar-refractivity contribution in [1.82, 2.24) is 165 Å². The fourth-order valence-corrected chi connectivity index (χ4v) is 6.06. The summed E-state index contributed by atoms with van der Waals surface area (Å²) in [7, 11) is 5.94. The van der Waals surface area contributed by atoms with E-state index >= 15 is 0 Å². The zero-order chi connectivity index (χ0) is 59.3. The van der Waals surface area contributed by atoms with Gasteiger partial charge in [-0.2, -0.15) is 33.2 Å². The number of hydrogen-bond donors (Lipinski definition) is 4. The number of nitrogens with one attached hydrogen (secondary N) is 4. The van der Waals surface area contributed by atoms with E-state index < -0.39 is 22.8 Å². The van der Waals surface area contributed by atoms with E-state index in [0.717, 1.165) is 57.8 Å². The average Bonchev–Trinajstić information content (AvgIpc) is 3.75. The summed E-state index contributed by atoms with van der Waals surface area (Å²) < 4.78 is 59.1. The van der Waals surface area contributed by atoms with Crippen LogP contribution in [0.4, 0.5) is 0 Å². The first-order valence-electron chi connectivity index (χ1n) is 24.1. The van der Waals surface area contributed by atoms with Crippen molar-refractivity contribution in [3.8, 4) is 46.5 Å². The molecular weight excluding hydrogens is 1060 g/mol. The minimum Gasteiger partial charge on any atom is -0.470 e. The van der Waals surface area contributed by atoms with Crippen LogP contribution in [0.25, 0.3) is 23.0 Å². The van der Waals surface area contributed by atoms with Gasteiger partial charge in [-0.1, -0.05) is 0 Å². The molecule has 12 aromatic heterocycles. The van der Waals surface area contributed by atoms with Gasteiger partial charge in [-0.3, -0.25) is 25.4 Å². The van der Waals surface area contributed by atoms with Crippen molar-refractivity contribution in [1.29, 1.82) is 0 Å². The van der Waals surface area contributed by atoms with Gasteiger partial charge in [0.05, 0.1) is 12.4 Å². The van der Waals surface area contributed by atoms with Gasteiger partial charge in [0, 0.05) is 89.6 Å². The number of rotatable bonds is 16. The monoisotopic (exact) mass is 1110 g/mol. The van der Waals surface area contributed by atoms with Crippen LogP contribution in [-0.2, 0) is 54.6 Å². The number of aromatic nitrogens is 33. The third kappa shape index (κ3) is 12.6. The minimum atomic E-state index is -0.478. The Kier molecular flexibility index (Phi) is 14.8. The average molecular weight is 1110 g/mol. The van der Waals surface area contributed by atoms with Crippen molar-refractivity contribution in [2.45, 2.75) is 26.4 Å². The minimum absolute atomic E-state index is 0.00905. The van der Waals surface area contributed by atoms with Gasteiger partial charge < -0.3 is 18.9 Å². The number of tetrazole rings is 4. The molecule has 408 valence electrons. The van der Waals surface area contributed by atoms with E-state index in [1.807, 2.05) is 0 Å². The zero-order valence-electron chi connectivity index (χ0n) is 45.5. The van der Waals surface area contributed by atoms with Gasteiger partial charge in [0.2, 0.25) is 29.3 Å². The van der Waals surface area contributed by atoms with Crippen LogP contribution in [0.1, 0.15) is 22.8 Å². The second-order valence-corrected chi connectivity index (χ2v) is 15.1. The molecule has 0 saturated heterocycles. The Morgan fingerprint density at radius 1 is 0.425 bits per heavy atom. The van der Waals surface area contributed by atoms with E-state index in [4.69, 9.17) is 24.6 Å². The van der Waals surface area contributed by atoms with Crippen LogP contribution in [0.3, 0.4) is 0 Å². The Labute approximate surface area is 447 Å². The maximum absolute atomic E-state index is 11.9. The van der Waals surface area contributed by atoms with E-state index in [1.54, 1.807) is 12.1 Å². The van der Waals surface area contributed by atoms with E-state index in [-0.39, 0.29) is 61.6 Å². The first-order chi connectivity index (χ1) is 40.6. The van der Waals surface area contributed by atoms with Gasteiger partial charge in [0.15, 0.2) is 11.5 Å². The van der Waals surface area contributed by atoms with Crippen LogP contribution in [-0.4, -0.2) is 165 Å². The molecule has 0 spiro atoms. The Bertz CT molecular complexity index is 3840. The molecule has 0 unspecified atom stereocenters. The van der Waals surface area contributed by atoms with Crippen molar-refractivity contribution in [2.24, 2.45) is 28.2 Å². The maximum Gasteiger partial charge on any atom is 0.369 e. The van der Waals surface area contributed by atoms with Crippen molar-refractivity contribution < 1.29 is 24.6 Å². The highest BCUT2D eigenvalue weighted by Gasteiger charge is 2.18. The summed E-state index contributed by atoms with van der Waals surface area (Å²) in [6.07, 6.45) is 14.1. The lowest BCUT2D eigenvalue weighted by Gasteiger charge is -2.06. The molecule has 0 fully saturated rings. The van der Waals surface area contributed by atoms with Crippen LogP contribution >= 0.6 is 0 Å². The molecule has 0 amide bonds. The number of aromatic amines is 4. The lowest BCUT2D eigenvalue weighted by Crippen LogP contribution is -2.24. The van der Waals surface area contributed by atoms with Gasteiger partial charge in [0.1, 0.15) is 73.2 Å². The molecule has 0 bridgehead atoms. The standard InChI is InChI=1S/3C10H10N8O2.C9H9N9O2/c1-17-10(19)18(16-15-17)8-2-4-11-13-7(8)6-20-9-3-5-12-14-9;1-17-10(19)18(16-15-17)8-4-11-6-12-7(8)5-20-9-2-3-13-14-9;1-17-10(19)18(16-15-17)9-7(11-4-5-12-9)6-20-8-2-3-13-14-8;1-17-9(19)18(16-15-17)8-6(10-5-12-14-8)4-20-7-2-3-11-13-7/h2-5H,6H2,1H3,(H,12,14);2-4,6H,5H2,1H3,(H,13,14);2-5H,6H2,1H3,(H,13,14);2-3,5H,4H2,1H3,(H,11,13)/i/hT4. The van der Waals surface area contributed by atoms with Gasteiger partial charge in [-0.25, -0.2) is 39.1 Å². The molecule has 0 aliphatic rings. The van der Waals surface area contributed by atoms with Crippen molar-refractivity contribution in [2.75, 3.05) is 0 Å². The summed E-state index contributed by atoms with van der Waals surface area (Å²) in [5.74, 6) is 1.44. The molecule has 0 radical (unpaired) electrons. The Morgan fingerprint density at radius 3 is 1.32 bits per heavy atom. The molecule has 0 aromatic carbocycles. The summed E-state index contributed by atoms with van der Waals surface area (Å²) in [5.41, 5.74) is 0.662. The lowest BCUT2D eigenvalue weighted by molar-refractivity contribution is 0.286. The number of hydrogen-bond acceptors (Lipinski definition) is 29. The molecule has 41 heteroatoms. The fraction of sp³-hybridized carbons (Fsp3) is 0.205. The van der Waals surface area contributed by atoms with E-state index in [2.05, 4.69) is 107 Å². The predicted molar refractivity (Wildman–Crippen MR) is 258 cm³/mol. The molecule has 12 aromatic rings. The summed E-state index contributed by atoms with van der Waals surface area (Å²) in [6.45, 7) is 0.106. The number of nitrogens with zero attached hydrogens (tertiary/aromatic N) is 29. The first kappa shape index (κ1) is 47.5. The zero-order valence-corrected chi connectivity index (χ0v) is 41.5. The predicted octanol–water partition coefficient (Wildman–Crippen LogP) is -4.37. The fourth-order valence-electron chi connectivity index (χ4n) is 6.06. The molecule has 12 heterocycles. The topological polar surface area (TPSA) is 478 Å². The molecular formula is C39H39N33O8. The number of aryl methyl sites for hydroxylation is 4. The Balaban J connectivity index is 0.000000134. The van der Waals surface area contributed by atoms with E-state index in [1.165, 1.54) is 109 Å². The third-order valence-electron chi connectivity index (χ3n) is 9.91. The normalized spacial score (nSPS) is 11.3. The van der Waals surface area contributed by atoms with Gasteiger partial charge in [-0.05, 0) is 47.8 Å². The van der Waals surface area contributed by atoms with Crippen LogP contribution in [0.2, 0.25) is 5.65 Å². The van der Waals surface area contributed by atoms with Crippen LogP contribution in [0, 0.1) is 0 Å².